The molecule has 0 amide bonds. The molecule has 4 heteroatoms. The van der Waals surface area contributed by atoms with Crippen molar-refractivity contribution < 1.29 is 9.84 Å². The van der Waals surface area contributed by atoms with Gasteiger partial charge in [0, 0.05) is 19.8 Å². The maximum absolute atomic E-state index is 10.3. The quantitative estimate of drug-likeness (QED) is 0.931. The number of aliphatic hydroxyl groups excluding tert-OH is 1. The third-order valence-corrected chi connectivity index (χ3v) is 4.07. The van der Waals surface area contributed by atoms with E-state index in [0.29, 0.717) is 5.75 Å². The number of ether oxygens (including phenoxy) is 1. The zero-order chi connectivity index (χ0) is 12.4. The highest BCUT2D eigenvalue weighted by Crippen LogP contribution is 2.34. The van der Waals surface area contributed by atoms with Crippen LogP contribution in [-0.4, -0.2) is 12.2 Å². The van der Waals surface area contributed by atoms with Crippen molar-refractivity contribution in [3.63, 3.8) is 0 Å². The summed E-state index contributed by atoms with van der Waals surface area (Å²) in [6, 6.07) is 9.60. The molecule has 2 rings (SSSR count). The first kappa shape index (κ1) is 12.6. The Morgan fingerprint density at radius 3 is 2.65 bits per heavy atom. The molecule has 0 saturated carbocycles. The molecule has 2 aromatic rings. The first-order valence-corrected chi connectivity index (χ1v) is 6.80. The van der Waals surface area contributed by atoms with Crippen molar-refractivity contribution in [2.75, 3.05) is 7.11 Å². The Bertz CT molecular complexity index is 522. The Hall–Kier alpha value is -0.840. The predicted molar refractivity (Wildman–Crippen MR) is 73.8 cm³/mol. The molecule has 0 saturated heterocycles. The number of methoxy groups -OCH3 is 1. The van der Waals surface area contributed by atoms with Crippen LogP contribution in [-0.2, 0) is 0 Å². The van der Waals surface area contributed by atoms with E-state index in [1.807, 2.05) is 37.3 Å². The highest BCUT2D eigenvalue weighted by atomic mass is 79.9. The van der Waals surface area contributed by atoms with Crippen molar-refractivity contribution >= 4 is 27.3 Å². The highest BCUT2D eigenvalue weighted by Gasteiger charge is 2.17. The van der Waals surface area contributed by atoms with E-state index in [9.17, 15) is 5.11 Å². The molecule has 1 N–H and O–H groups in total. The molecule has 17 heavy (non-hydrogen) atoms. The molecule has 0 spiro atoms. The molecule has 2 nitrogen and oxygen atoms in total. The second-order valence-corrected chi connectivity index (χ2v) is 5.97. The SMILES string of the molecule is COc1cc(Br)ccc1C(O)c1ccc(C)s1. The van der Waals surface area contributed by atoms with Gasteiger partial charge in [-0.05, 0) is 31.2 Å². The second-order valence-electron chi connectivity index (χ2n) is 3.74. The van der Waals surface area contributed by atoms with Gasteiger partial charge in [0.25, 0.3) is 0 Å². The van der Waals surface area contributed by atoms with E-state index < -0.39 is 6.10 Å². The lowest BCUT2D eigenvalue weighted by atomic mass is 10.1. The third-order valence-electron chi connectivity index (χ3n) is 2.52. The Morgan fingerprint density at radius 1 is 1.29 bits per heavy atom. The van der Waals surface area contributed by atoms with Gasteiger partial charge < -0.3 is 9.84 Å². The van der Waals surface area contributed by atoms with E-state index >= 15 is 0 Å². The molecular weight excluding hydrogens is 300 g/mol. The van der Waals surface area contributed by atoms with Crippen LogP contribution in [0.2, 0.25) is 0 Å². The minimum atomic E-state index is -0.628. The molecule has 1 aromatic carbocycles. The van der Waals surface area contributed by atoms with Gasteiger partial charge in [0.05, 0.1) is 7.11 Å². The summed E-state index contributed by atoms with van der Waals surface area (Å²) in [7, 11) is 1.61. The van der Waals surface area contributed by atoms with E-state index in [4.69, 9.17) is 4.74 Å². The van der Waals surface area contributed by atoms with Gasteiger partial charge in [0.15, 0.2) is 0 Å². The fourth-order valence-electron chi connectivity index (χ4n) is 1.66. The predicted octanol–water partition coefficient (Wildman–Crippen LogP) is 3.91. The molecule has 1 heterocycles. The van der Waals surface area contributed by atoms with Crippen molar-refractivity contribution in [2.24, 2.45) is 0 Å². The minimum Gasteiger partial charge on any atom is -0.496 e. The summed E-state index contributed by atoms with van der Waals surface area (Å²) in [6.07, 6.45) is -0.628. The number of thiophene rings is 1. The standard InChI is InChI=1S/C13H13BrO2S/c1-8-3-6-12(17-8)13(15)10-5-4-9(14)7-11(10)16-2/h3-7,13,15H,1-2H3. The van der Waals surface area contributed by atoms with Crippen LogP contribution in [0.25, 0.3) is 0 Å². The van der Waals surface area contributed by atoms with Crippen LogP contribution >= 0.6 is 27.3 Å². The van der Waals surface area contributed by atoms with E-state index in [-0.39, 0.29) is 0 Å². The van der Waals surface area contributed by atoms with E-state index in [1.54, 1.807) is 18.4 Å². The molecule has 0 fully saturated rings. The Morgan fingerprint density at radius 2 is 2.06 bits per heavy atom. The molecule has 1 atom stereocenters. The van der Waals surface area contributed by atoms with Crippen molar-refractivity contribution in [3.05, 3.63) is 50.1 Å². The zero-order valence-corrected chi connectivity index (χ0v) is 12.0. The number of aliphatic hydroxyl groups is 1. The molecule has 0 aliphatic carbocycles. The molecule has 1 unspecified atom stereocenters. The number of halogens is 1. The molecule has 90 valence electrons. The molecule has 0 aliphatic heterocycles. The molecule has 0 aliphatic rings. The Kier molecular flexibility index (Phi) is 3.86. The topological polar surface area (TPSA) is 29.5 Å². The molecule has 0 radical (unpaired) electrons. The van der Waals surface area contributed by atoms with Crippen molar-refractivity contribution in [1.82, 2.24) is 0 Å². The van der Waals surface area contributed by atoms with Crippen LogP contribution in [0.4, 0.5) is 0 Å². The average Bonchev–Trinajstić information content (AvgIpc) is 2.75. The van der Waals surface area contributed by atoms with Crippen LogP contribution < -0.4 is 4.74 Å². The fraction of sp³-hybridized carbons (Fsp3) is 0.231. The number of aryl methyl sites for hydroxylation is 1. The summed E-state index contributed by atoms with van der Waals surface area (Å²) in [5.41, 5.74) is 0.789. The minimum absolute atomic E-state index is 0.628. The number of benzene rings is 1. The maximum Gasteiger partial charge on any atom is 0.126 e. The first-order valence-electron chi connectivity index (χ1n) is 5.19. The van der Waals surface area contributed by atoms with Crippen LogP contribution in [0.3, 0.4) is 0 Å². The lowest BCUT2D eigenvalue weighted by Gasteiger charge is -2.13. The Balaban J connectivity index is 2.39. The summed E-state index contributed by atoms with van der Waals surface area (Å²) < 4.78 is 6.23. The maximum atomic E-state index is 10.3. The van der Waals surface area contributed by atoms with Gasteiger partial charge in [0.1, 0.15) is 11.9 Å². The van der Waals surface area contributed by atoms with Gasteiger partial charge in [-0.15, -0.1) is 11.3 Å². The largest absolute Gasteiger partial charge is 0.496 e. The van der Waals surface area contributed by atoms with Gasteiger partial charge >= 0.3 is 0 Å². The average molecular weight is 313 g/mol. The van der Waals surface area contributed by atoms with Crippen LogP contribution in [0.15, 0.2) is 34.8 Å². The second kappa shape index (κ2) is 5.21. The summed E-state index contributed by atoms with van der Waals surface area (Å²) >= 11 is 4.98. The molecule has 1 aromatic heterocycles. The van der Waals surface area contributed by atoms with E-state index in [1.165, 1.54) is 4.88 Å². The van der Waals surface area contributed by atoms with Crippen molar-refractivity contribution in [1.29, 1.82) is 0 Å². The zero-order valence-electron chi connectivity index (χ0n) is 9.61. The van der Waals surface area contributed by atoms with E-state index in [0.717, 1.165) is 14.9 Å². The first-order chi connectivity index (χ1) is 8.11. The number of hydrogen-bond donors (Lipinski definition) is 1. The lowest BCUT2D eigenvalue weighted by molar-refractivity contribution is 0.218. The summed E-state index contributed by atoms with van der Waals surface area (Å²) in [4.78, 5) is 2.12. The molecular formula is C13H13BrO2S. The normalized spacial score (nSPS) is 12.5. The van der Waals surface area contributed by atoms with Crippen LogP contribution in [0.1, 0.15) is 21.4 Å². The van der Waals surface area contributed by atoms with Gasteiger partial charge in [-0.2, -0.15) is 0 Å². The molecule has 0 bridgehead atoms. The summed E-state index contributed by atoms with van der Waals surface area (Å²) in [6.45, 7) is 2.03. The van der Waals surface area contributed by atoms with Crippen LogP contribution in [0.5, 0.6) is 5.75 Å². The summed E-state index contributed by atoms with van der Waals surface area (Å²) in [5.74, 6) is 0.693. The van der Waals surface area contributed by atoms with Gasteiger partial charge in [-0.25, -0.2) is 0 Å². The van der Waals surface area contributed by atoms with Crippen LogP contribution in [0, 0.1) is 6.92 Å². The number of hydrogen-bond acceptors (Lipinski definition) is 3. The van der Waals surface area contributed by atoms with Gasteiger partial charge in [-0.3, -0.25) is 0 Å². The van der Waals surface area contributed by atoms with Crippen molar-refractivity contribution in [3.8, 4) is 5.75 Å². The lowest BCUT2D eigenvalue weighted by Crippen LogP contribution is -2.00. The monoisotopic (exact) mass is 312 g/mol. The summed E-state index contributed by atoms with van der Waals surface area (Å²) in [5, 5.41) is 10.3. The smallest absolute Gasteiger partial charge is 0.126 e. The highest BCUT2D eigenvalue weighted by molar-refractivity contribution is 9.10. The van der Waals surface area contributed by atoms with Gasteiger partial charge in [-0.1, -0.05) is 22.0 Å². The van der Waals surface area contributed by atoms with Crippen molar-refractivity contribution in [2.45, 2.75) is 13.0 Å². The van der Waals surface area contributed by atoms with Gasteiger partial charge in [0.2, 0.25) is 0 Å². The Labute approximate surface area is 113 Å². The number of rotatable bonds is 3. The van der Waals surface area contributed by atoms with E-state index in [2.05, 4.69) is 15.9 Å². The third kappa shape index (κ3) is 2.70. The fourth-order valence-corrected chi connectivity index (χ4v) is 2.89.